The number of aliphatic hydroxyl groups excluding tert-OH is 1. The summed E-state index contributed by atoms with van der Waals surface area (Å²) < 4.78 is 61.3. The lowest BCUT2D eigenvalue weighted by Crippen LogP contribution is -2.37. The number of rotatable bonds is 9. The van der Waals surface area contributed by atoms with Gasteiger partial charge in [-0.1, -0.05) is 24.3 Å². The number of nitrogens with one attached hydrogen (secondary N) is 2. The summed E-state index contributed by atoms with van der Waals surface area (Å²) in [5.74, 6) is -1.46. The number of sulfonamides is 1. The average Bonchev–Trinajstić information content (AvgIpc) is 3.12. The average molecular weight is 549 g/mol. The number of hydrogen-bond donors (Lipinski definition) is 5. The number of aliphatic hydroxyl groups is 1. The Morgan fingerprint density at radius 1 is 1.24 bits per heavy atom. The Kier molecular flexibility index (Phi) is 9.73. The van der Waals surface area contributed by atoms with Gasteiger partial charge in [0, 0.05) is 37.1 Å². The molecule has 1 unspecified atom stereocenters. The SMILES string of the molecule is CN(C)CC(O)CNS(=O)(=O)c1cnc(NCc2nc(N)n(C)n2)c2ccccc12.O=C(O)C(F)(F)F. The van der Waals surface area contributed by atoms with Gasteiger partial charge in [0.15, 0.2) is 5.82 Å². The summed E-state index contributed by atoms with van der Waals surface area (Å²) in [4.78, 5) is 19.1. The molecule has 0 bridgehead atoms. The van der Waals surface area contributed by atoms with Crippen molar-refractivity contribution in [3.8, 4) is 0 Å². The lowest BCUT2D eigenvalue weighted by molar-refractivity contribution is -0.192. The standard InChI is InChI=1S/C18H26N8O3S.C2HF3O2/c1-25(2)11-12(27)8-22-30(28,29)15-9-20-17(14-7-5-4-6-13(14)15)21-10-16-23-18(19)26(3)24-16;3-2(4,5)1(6)7/h4-7,9,12,22,27H,8,10-11H2,1-3H3,(H,20,21)(H2,19,23,24);(H,6,7). The number of anilines is 2. The molecule has 13 nitrogen and oxygen atoms in total. The molecule has 1 atom stereocenters. The third-order valence-electron chi connectivity index (χ3n) is 4.63. The highest BCUT2D eigenvalue weighted by atomic mass is 32.2. The van der Waals surface area contributed by atoms with Crippen LogP contribution in [0.4, 0.5) is 24.9 Å². The Bertz CT molecular complexity index is 1310. The summed E-state index contributed by atoms with van der Waals surface area (Å²) in [6.07, 6.45) is -4.61. The molecule has 0 aliphatic heterocycles. The molecule has 0 amide bonds. The van der Waals surface area contributed by atoms with Gasteiger partial charge in [-0.15, -0.1) is 0 Å². The highest BCUT2D eigenvalue weighted by Gasteiger charge is 2.38. The molecule has 0 radical (unpaired) electrons. The van der Waals surface area contributed by atoms with Gasteiger partial charge in [0.1, 0.15) is 10.7 Å². The van der Waals surface area contributed by atoms with E-state index in [-0.39, 0.29) is 18.0 Å². The van der Waals surface area contributed by atoms with Gasteiger partial charge in [-0.3, -0.25) is 0 Å². The number of nitrogens with two attached hydrogens (primary N) is 1. The molecule has 6 N–H and O–H groups in total. The number of carboxylic acid groups (broad SMARTS) is 1. The minimum Gasteiger partial charge on any atom is -0.475 e. The smallest absolute Gasteiger partial charge is 0.475 e. The molecule has 0 spiro atoms. The number of aryl methyl sites for hydroxylation is 1. The van der Waals surface area contributed by atoms with Crippen LogP contribution >= 0.6 is 0 Å². The zero-order chi connectivity index (χ0) is 28.0. The van der Waals surface area contributed by atoms with Crippen LogP contribution in [0.5, 0.6) is 0 Å². The fourth-order valence-corrected chi connectivity index (χ4v) is 4.21. The van der Waals surface area contributed by atoms with Crippen LogP contribution < -0.4 is 15.8 Å². The van der Waals surface area contributed by atoms with Crippen LogP contribution in [0.2, 0.25) is 0 Å². The van der Waals surface area contributed by atoms with Crippen molar-refractivity contribution in [1.29, 1.82) is 0 Å². The Balaban J connectivity index is 0.000000604. The van der Waals surface area contributed by atoms with Crippen molar-refractivity contribution in [1.82, 2.24) is 29.4 Å². The van der Waals surface area contributed by atoms with Gasteiger partial charge in [0.25, 0.3) is 0 Å². The number of alkyl halides is 3. The highest BCUT2D eigenvalue weighted by Crippen LogP contribution is 2.27. The summed E-state index contributed by atoms with van der Waals surface area (Å²) in [5.41, 5.74) is 5.70. The minimum atomic E-state index is -5.08. The Morgan fingerprint density at radius 2 is 1.84 bits per heavy atom. The predicted octanol–water partition coefficient (Wildman–Crippen LogP) is 0.392. The molecule has 17 heteroatoms. The highest BCUT2D eigenvalue weighted by molar-refractivity contribution is 7.89. The number of nitrogen functional groups attached to an aromatic ring is 1. The second-order valence-electron chi connectivity index (χ2n) is 7.95. The van der Waals surface area contributed by atoms with E-state index in [2.05, 4.69) is 25.1 Å². The van der Waals surface area contributed by atoms with Gasteiger partial charge in [-0.2, -0.15) is 23.3 Å². The summed E-state index contributed by atoms with van der Waals surface area (Å²) in [6.45, 7) is 0.529. The summed E-state index contributed by atoms with van der Waals surface area (Å²) in [6, 6.07) is 7.05. The molecule has 0 saturated carbocycles. The second kappa shape index (κ2) is 12.1. The van der Waals surface area contributed by atoms with Crippen molar-refractivity contribution in [2.24, 2.45) is 7.05 Å². The van der Waals surface area contributed by atoms with E-state index in [1.165, 1.54) is 10.9 Å². The molecule has 2 aromatic heterocycles. The molecule has 0 aliphatic carbocycles. The monoisotopic (exact) mass is 548 g/mol. The number of nitrogens with zero attached hydrogens (tertiary/aromatic N) is 5. The molecule has 3 rings (SSSR count). The van der Waals surface area contributed by atoms with Crippen molar-refractivity contribution >= 4 is 38.5 Å². The zero-order valence-corrected chi connectivity index (χ0v) is 20.9. The molecule has 2 heterocycles. The van der Waals surface area contributed by atoms with Gasteiger partial charge in [0.2, 0.25) is 16.0 Å². The molecule has 0 saturated heterocycles. The van der Waals surface area contributed by atoms with E-state index in [4.69, 9.17) is 15.6 Å². The molecule has 204 valence electrons. The lowest BCUT2D eigenvalue weighted by Gasteiger charge is -2.17. The normalized spacial score (nSPS) is 12.8. The number of pyridine rings is 1. The van der Waals surface area contributed by atoms with Gasteiger partial charge in [0.05, 0.1) is 12.6 Å². The first-order chi connectivity index (χ1) is 17.1. The van der Waals surface area contributed by atoms with E-state index >= 15 is 0 Å². The number of aliphatic carboxylic acids is 1. The molecule has 0 aliphatic rings. The van der Waals surface area contributed by atoms with E-state index in [1.54, 1.807) is 50.3 Å². The first-order valence-electron chi connectivity index (χ1n) is 10.5. The minimum absolute atomic E-state index is 0.0425. The van der Waals surface area contributed by atoms with Crippen LogP contribution in [0.3, 0.4) is 0 Å². The van der Waals surface area contributed by atoms with E-state index in [0.717, 1.165) is 0 Å². The van der Waals surface area contributed by atoms with Crippen LogP contribution in [0.15, 0.2) is 35.4 Å². The number of fused-ring (bicyclic) bond motifs is 1. The first kappa shape index (κ1) is 29.7. The summed E-state index contributed by atoms with van der Waals surface area (Å²) in [5, 5.41) is 25.6. The predicted molar refractivity (Wildman–Crippen MR) is 128 cm³/mol. The maximum atomic E-state index is 12.8. The first-order valence-corrected chi connectivity index (χ1v) is 12.0. The fraction of sp³-hybridized carbons (Fsp3) is 0.400. The van der Waals surface area contributed by atoms with E-state index in [0.29, 0.717) is 34.9 Å². The van der Waals surface area contributed by atoms with Gasteiger partial charge >= 0.3 is 12.1 Å². The van der Waals surface area contributed by atoms with Crippen molar-refractivity contribution in [3.05, 3.63) is 36.3 Å². The molecule has 1 aromatic carbocycles. The number of carbonyl (C=O) groups is 1. The number of benzene rings is 1. The maximum absolute atomic E-state index is 12.8. The van der Waals surface area contributed by atoms with Crippen LogP contribution in [0, 0.1) is 0 Å². The van der Waals surface area contributed by atoms with Crippen LogP contribution in [-0.2, 0) is 28.4 Å². The fourth-order valence-electron chi connectivity index (χ4n) is 2.98. The third kappa shape index (κ3) is 8.52. The van der Waals surface area contributed by atoms with Gasteiger partial charge in [-0.05, 0) is 14.1 Å². The zero-order valence-electron chi connectivity index (χ0n) is 20.1. The quantitative estimate of drug-likeness (QED) is 0.249. The van der Waals surface area contributed by atoms with Crippen molar-refractivity contribution < 1.29 is 36.6 Å². The van der Waals surface area contributed by atoms with E-state index < -0.39 is 28.3 Å². The second-order valence-corrected chi connectivity index (χ2v) is 9.69. The van der Waals surface area contributed by atoms with Crippen LogP contribution in [0.1, 0.15) is 5.82 Å². The topological polar surface area (TPSA) is 189 Å². The number of hydrogen-bond acceptors (Lipinski definition) is 10. The van der Waals surface area contributed by atoms with Crippen LogP contribution in [-0.4, -0.2) is 88.7 Å². The van der Waals surface area contributed by atoms with Gasteiger partial charge < -0.3 is 26.2 Å². The summed E-state index contributed by atoms with van der Waals surface area (Å²) in [7, 11) is 1.43. The number of carboxylic acids is 1. The third-order valence-corrected chi connectivity index (χ3v) is 6.08. The molecular weight excluding hydrogens is 521 g/mol. The van der Waals surface area contributed by atoms with E-state index in [1.807, 2.05) is 0 Å². The molecule has 3 aromatic rings. The molecule has 0 fully saturated rings. The number of aromatic nitrogens is 4. The number of likely N-dealkylation sites (N-methyl/N-ethyl adjacent to an activating group) is 1. The lowest BCUT2D eigenvalue weighted by atomic mass is 10.1. The maximum Gasteiger partial charge on any atom is 0.490 e. The van der Waals surface area contributed by atoms with E-state index in [9.17, 15) is 26.7 Å². The Hall–Kier alpha value is -3.54. The van der Waals surface area contributed by atoms with Crippen molar-refractivity contribution in [3.63, 3.8) is 0 Å². The van der Waals surface area contributed by atoms with Crippen molar-refractivity contribution in [2.75, 3.05) is 38.2 Å². The van der Waals surface area contributed by atoms with Gasteiger partial charge in [-0.25, -0.2) is 27.6 Å². The van der Waals surface area contributed by atoms with Crippen molar-refractivity contribution in [2.45, 2.75) is 23.7 Å². The molecule has 37 heavy (non-hydrogen) atoms. The summed E-state index contributed by atoms with van der Waals surface area (Å²) >= 11 is 0. The largest absolute Gasteiger partial charge is 0.490 e. The Morgan fingerprint density at radius 3 is 2.35 bits per heavy atom. The Labute approximate surface area is 210 Å². The molecular formula is C20H27F3N8O5S. The number of halogens is 3. The van der Waals surface area contributed by atoms with Crippen LogP contribution in [0.25, 0.3) is 10.8 Å².